The van der Waals surface area contributed by atoms with Crippen LogP contribution in [0.1, 0.15) is 0 Å². The van der Waals surface area contributed by atoms with E-state index in [1.807, 2.05) is 0 Å². The van der Waals surface area contributed by atoms with E-state index in [-0.39, 0.29) is 95.3 Å². The van der Waals surface area contributed by atoms with E-state index >= 15 is 0 Å². The van der Waals surface area contributed by atoms with Gasteiger partial charge < -0.3 is 75.9 Å². The maximum atomic E-state index is 8.56. The Kier molecular flexibility index (Phi) is 14000. The van der Waals surface area contributed by atoms with Crippen molar-refractivity contribution >= 4 is 35.7 Å². The summed E-state index contributed by atoms with van der Waals surface area (Å²) >= 11 is 0. The summed E-state index contributed by atoms with van der Waals surface area (Å²) in [5, 5.41) is 13.9. The minimum atomic E-state index is -1.83. The van der Waals surface area contributed by atoms with Crippen LogP contribution in [-0.2, 0) is 0 Å². The number of carbonyl (C=O) groups is 1. The fraction of sp³-hybridized carbons (Fsp3) is 0. The van der Waals surface area contributed by atoms with Gasteiger partial charge in [-0.05, 0) is 0 Å². The molecule has 16 heteroatoms. The normalized spacial score (nSPS) is 1.41. The van der Waals surface area contributed by atoms with Crippen LogP contribution in [-0.4, -0.2) is 112 Å². The fourth-order valence-electron chi connectivity index (χ4n) is 0. The van der Waals surface area contributed by atoms with E-state index in [1.165, 1.54) is 0 Å². The van der Waals surface area contributed by atoms with Crippen molar-refractivity contribution in [2.24, 2.45) is 0 Å². The quantitative estimate of drug-likeness (QED) is 0.411. The van der Waals surface area contributed by atoms with Crippen molar-refractivity contribution in [2.75, 3.05) is 0 Å². The molecule has 0 atom stereocenters. The van der Waals surface area contributed by atoms with Crippen LogP contribution < -0.4 is 0 Å². The molecule has 0 rings (SSSR count). The Bertz CT molecular complexity index is 33.9. The van der Waals surface area contributed by atoms with Gasteiger partial charge in [0.1, 0.15) is 0 Å². The van der Waals surface area contributed by atoms with Gasteiger partial charge in [-0.3, -0.25) is 0 Å². The van der Waals surface area contributed by atoms with E-state index in [4.69, 9.17) is 15.0 Å². The first-order valence-electron chi connectivity index (χ1n) is 0.651. The number of carboxylic acid groups (broad SMARTS) is 2. The first-order valence-corrected chi connectivity index (χ1v) is 0.651. The molecule has 0 bridgehead atoms. The summed E-state index contributed by atoms with van der Waals surface area (Å²) in [4.78, 5) is 8.56. The second-order valence-electron chi connectivity index (χ2n) is 0.283. The van der Waals surface area contributed by atoms with Gasteiger partial charge in [-0.15, -0.1) is 0 Å². The van der Waals surface area contributed by atoms with Gasteiger partial charge in [-0.1, -0.05) is 0 Å². The molecule has 0 fully saturated rings. The second-order valence-corrected chi connectivity index (χ2v) is 0.283. The van der Waals surface area contributed by atoms with Crippen LogP contribution in [0.15, 0.2) is 0 Å². The van der Waals surface area contributed by atoms with Crippen LogP contribution in [0.25, 0.3) is 0 Å². The molecule has 15 nitrogen and oxygen atoms in total. The molecule has 0 aliphatic rings. The van der Waals surface area contributed by atoms with Crippen molar-refractivity contribution in [3.05, 3.63) is 0 Å². The van der Waals surface area contributed by atoms with Crippen molar-refractivity contribution in [1.29, 1.82) is 0 Å². The summed E-state index contributed by atoms with van der Waals surface area (Å²) in [5.74, 6) is 0. The van der Waals surface area contributed by atoms with Crippen molar-refractivity contribution in [3.63, 3.8) is 0 Å². The maximum absolute atomic E-state index is 8.56. The Labute approximate surface area is 117 Å². The Morgan fingerprint density at radius 2 is 0.471 bits per heavy atom. The van der Waals surface area contributed by atoms with E-state index in [9.17, 15) is 0 Å². The summed E-state index contributed by atoms with van der Waals surface area (Å²) in [6, 6.07) is 0. The monoisotopic (exact) mass is 302 g/mol. The van der Waals surface area contributed by atoms with Gasteiger partial charge in [-0.25, -0.2) is 4.79 Å². The molecule has 0 aromatic heterocycles. The van der Waals surface area contributed by atoms with Gasteiger partial charge in [-0.2, -0.15) is 0 Å². The van der Waals surface area contributed by atoms with E-state index in [2.05, 4.69) is 0 Å². The molecule has 26 N–H and O–H groups in total. The van der Waals surface area contributed by atoms with Crippen molar-refractivity contribution in [2.45, 2.75) is 0 Å². The first kappa shape index (κ1) is 538. The zero-order valence-electron chi connectivity index (χ0n) is 7.80. The minimum absolute atomic E-state index is 0. The summed E-state index contributed by atoms with van der Waals surface area (Å²) in [7, 11) is 0. The van der Waals surface area contributed by atoms with Crippen LogP contribution in [0.2, 0.25) is 0 Å². The summed E-state index contributed by atoms with van der Waals surface area (Å²) in [6.07, 6.45) is -1.83. The molecule has 0 amide bonds. The van der Waals surface area contributed by atoms with Crippen molar-refractivity contribution in [1.82, 2.24) is 0 Å². The van der Waals surface area contributed by atoms with E-state index in [0.717, 1.165) is 0 Å². The summed E-state index contributed by atoms with van der Waals surface area (Å²) in [6.45, 7) is 0. The predicted molar refractivity (Wildman–Crippen MR) is 61.2 cm³/mol. The van der Waals surface area contributed by atoms with Crippen LogP contribution in [0.3, 0.4) is 0 Å². The Hall–Kier alpha value is -0.210. The topological polar surface area (TPSA) is 436 Å². The SMILES string of the molecule is O.O.O.O.O.O.O.O.O.O.O.O.O=C(O)O.[NaH]. The molecule has 122 valence electrons. The third-order valence-electron chi connectivity index (χ3n) is 0. The number of hydrogen-bond donors (Lipinski definition) is 2. The molecule has 0 aliphatic heterocycles. The second kappa shape index (κ2) is 444. The van der Waals surface area contributed by atoms with E-state index < -0.39 is 6.16 Å². The molecule has 0 unspecified atom stereocenters. The number of rotatable bonds is 0. The van der Waals surface area contributed by atoms with Gasteiger partial charge in [0.15, 0.2) is 0 Å². The molecule has 17 heavy (non-hydrogen) atoms. The molecule has 0 saturated heterocycles. The molecule has 0 heterocycles. The molecule has 0 spiro atoms. The third-order valence-corrected chi connectivity index (χ3v) is 0. The summed E-state index contributed by atoms with van der Waals surface area (Å²) < 4.78 is 0. The summed E-state index contributed by atoms with van der Waals surface area (Å²) in [5.41, 5.74) is 0. The van der Waals surface area contributed by atoms with E-state index in [1.54, 1.807) is 0 Å². The molecule has 0 aromatic rings. The molecule has 0 saturated carbocycles. The first-order chi connectivity index (χ1) is 1.73. The molecule has 0 radical (unpaired) electrons. The van der Waals surface area contributed by atoms with Gasteiger partial charge in [0.05, 0.1) is 0 Å². The van der Waals surface area contributed by atoms with E-state index in [0.29, 0.717) is 0 Å². The third kappa shape index (κ3) is 68100. The van der Waals surface area contributed by atoms with Crippen molar-refractivity contribution in [3.8, 4) is 0 Å². The molecule has 0 aromatic carbocycles. The van der Waals surface area contributed by atoms with Crippen LogP contribution in [0.5, 0.6) is 0 Å². The predicted octanol–water partition coefficient (Wildman–Crippen LogP) is -10.3. The van der Waals surface area contributed by atoms with Crippen LogP contribution >= 0.6 is 0 Å². The Balaban J connectivity index is -0.000000000577. The van der Waals surface area contributed by atoms with Gasteiger partial charge >= 0.3 is 35.7 Å². The average Bonchev–Trinajstić information content (AvgIpc) is 0.811. The van der Waals surface area contributed by atoms with Crippen LogP contribution in [0, 0.1) is 0 Å². The zero-order chi connectivity index (χ0) is 3.58. The van der Waals surface area contributed by atoms with Crippen LogP contribution in [0.4, 0.5) is 4.79 Å². The standard InChI is InChI=1S/CH2O3.Na.12H2O.H/c2-1(3)4;;;;;;;;;;;;;;/h(H2,2,3,4);;12*1H2;. The Morgan fingerprint density at radius 3 is 0.471 bits per heavy atom. The molecular weight excluding hydrogens is 275 g/mol. The number of hydrogen-bond acceptors (Lipinski definition) is 1. The Morgan fingerprint density at radius 1 is 0.471 bits per heavy atom. The zero-order valence-corrected chi connectivity index (χ0v) is 7.80. The fourth-order valence-corrected chi connectivity index (χ4v) is 0. The van der Waals surface area contributed by atoms with Crippen molar-refractivity contribution < 1.29 is 80.7 Å². The van der Waals surface area contributed by atoms with Gasteiger partial charge in [0.25, 0.3) is 0 Å². The molecular formula is CH27NaO15. The molecule has 0 aliphatic carbocycles. The van der Waals surface area contributed by atoms with Gasteiger partial charge in [0.2, 0.25) is 0 Å². The van der Waals surface area contributed by atoms with Gasteiger partial charge in [0, 0.05) is 0 Å². The average molecular weight is 302 g/mol.